The second kappa shape index (κ2) is 3.15. The highest BCUT2D eigenvalue weighted by Gasteiger charge is 2.33. The van der Waals surface area contributed by atoms with E-state index in [-0.39, 0.29) is 5.69 Å². The molecule has 0 saturated heterocycles. The maximum atomic E-state index is 10.6. The van der Waals surface area contributed by atoms with Crippen molar-refractivity contribution in [2.75, 3.05) is 0 Å². The van der Waals surface area contributed by atoms with Gasteiger partial charge in [0.1, 0.15) is 12.0 Å². The Morgan fingerprint density at radius 2 is 2.31 bits per heavy atom. The van der Waals surface area contributed by atoms with Gasteiger partial charge in [0.05, 0.1) is 0 Å². The lowest BCUT2D eigenvalue weighted by atomic mass is 10.3. The molecule has 1 unspecified atom stereocenters. The smallest absolute Gasteiger partial charge is 0.282 e. The van der Waals surface area contributed by atoms with Crippen LogP contribution in [0.25, 0.3) is 0 Å². The Labute approximate surface area is 73.3 Å². The standard InChI is InChI=1S/C5H6N2O5S/c6-5(8)4(13(9,10)11)3-1-2-12-7-3/h1-2,4H,(H2,6,8)(H,9,10,11). The second-order valence-electron chi connectivity index (χ2n) is 2.22. The Morgan fingerprint density at radius 1 is 1.69 bits per heavy atom. The molecule has 1 amide bonds. The Bertz CT molecular complexity index is 395. The predicted molar refractivity (Wildman–Crippen MR) is 40.0 cm³/mol. The lowest BCUT2D eigenvalue weighted by molar-refractivity contribution is -0.117. The van der Waals surface area contributed by atoms with Gasteiger partial charge in [-0.05, 0) is 0 Å². The van der Waals surface area contributed by atoms with E-state index in [2.05, 4.69) is 9.68 Å². The molecule has 72 valence electrons. The Morgan fingerprint density at radius 3 is 2.62 bits per heavy atom. The van der Waals surface area contributed by atoms with E-state index in [1.54, 1.807) is 0 Å². The molecular formula is C5H6N2O5S. The van der Waals surface area contributed by atoms with Gasteiger partial charge in [-0.15, -0.1) is 0 Å². The summed E-state index contributed by atoms with van der Waals surface area (Å²) in [5.41, 5.74) is 4.51. The van der Waals surface area contributed by atoms with Crippen molar-refractivity contribution in [2.24, 2.45) is 5.73 Å². The molecule has 0 aromatic carbocycles. The molecule has 1 aromatic heterocycles. The largest absolute Gasteiger partial charge is 0.368 e. The van der Waals surface area contributed by atoms with Crippen molar-refractivity contribution in [3.63, 3.8) is 0 Å². The molecule has 0 aliphatic heterocycles. The van der Waals surface area contributed by atoms with E-state index in [1.807, 2.05) is 0 Å². The van der Waals surface area contributed by atoms with E-state index in [4.69, 9.17) is 10.3 Å². The third-order valence-electron chi connectivity index (χ3n) is 1.28. The number of hydrogen-bond donors (Lipinski definition) is 2. The molecule has 0 saturated carbocycles. The van der Waals surface area contributed by atoms with Crippen LogP contribution in [0.1, 0.15) is 10.9 Å². The van der Waals surface area contributed by atoms with E-state index in [1.165, 1.54) is 0 Å². The number of nitrogens with two attached hydrogens (primary N) is 1. The Hall–Kier alpha value is -1.41. The summed E-state index contributed by atoms with van der Waals surface area (Å²) in [6, 6.07) is 1.13. The fourth-order valence-corrected chi connectivity index (χ4v) is 1.52. The van der Waals surface area contributed by atoms with Gasteiger partial charge in [0.2, 0.25) is 11.2 Å². The van der Waals surface area contributed by atoms with Gasteiger partial charge in [-0.1, -0.05) is 5.16 Å². The van der Waals surface area contributed by atoms with Crippen LogP contribution >= 0.6 is 0 Å². The van der Waals surface area contributed by atoms with Crippen molar-refractivity contribution in [1.82, 2.24) is 5.16 Å². The number of nitrogens with zero attached hydrogens (tertiary/aromatic N) is 1. The minimum absolute atomic E-state index is 0.241. The molecule has 1 rings (SSSR count). The number of hydrogen-bond acceptors (Lipinski definition) is 5. The molecule has 3 N–H and O–H groups in total. The van der Waals surface area contributed by atoms with Gasteiger partial charge in [0.25, 0.3) is 10.1 Å². The van der Waals surface area contributed by atoms with Gasteiger partial charge in [0.15, 0.2) is 0 Å². The molecule has 0 bridgehead atoms. The maximum absolute atomic E-state index is 10.6. The van der Waals surface area contributed by atoms with Crippen LogP contribution in [0.3, 0.4) is 0 Å². The topological polar surface area (TPSA) is 123 Å². The SMILES string of the molecule is NC(=O)C(c1ccon1)S(=O)(=O)O. The number of carbonyl (C=O) groups excluding carboxylic acids is 1. The van der Waals surface area contributed by atoms with Crippen LogP contribution in [0.15, 0.2) is 16.9 Å². The van der Waals surface area contributed by atoms with Gasteiger partial charge in [-0.25, -0.2) is 0 Å². The molecule has 1 heterocycles. The molecule has 0 aliphatic rings. The lowest BCUT2D eigenvalue weighted by Gasteiger charge is -2.04. The summed E-state index contributed by atoms with van der Waals surface area (Å²) >= 11 is 0. The van der Waals surface area contributed by atoms with Crippen LogP contribution in [-0.4, -0.2) is 24.0 Å². The van der Waals surface area contributed by atoms with E-state index in [9.17, 15) is 13.2 Å². The average Bonchev–Trinajstić information content (AvgIpc) is 2.34. The molecular weight excluding hydrogens is 200 g/mol. The van der Waals surface area contributed by atoms with Gasteiger partial charge >= 0.3 is 0 Å². The molecule has 0 aliphatic carbocycles. The first kappa shape index (κ1) is 9.68. The first-order chi connectivity index (χ1) is 5.93. The Balaban J connectivity index is 3.17. The van der Waals surface area contributed by atoms with E-state index >= 15 is 0 Å². The van der Waals surface area contributed by atoms with Gasteiger partial charge in [-0.2, -0.15) is 8.42 Å². The van der Waals surface area contributed by atoms with Gasteiger partial charge in [0, 0.05) is 6.07 Å². The highest BCUT2D eigenvalue weighted by Crippen LogP contribution is 2.18. The molecule has 7 nitrogen and oxygen atoms in total. The normalized spacial score (nSPS) is 13.9. The van der Waals surface area contributed by atoms with Crippen molar-refractivity contribution in [1.29, 1.82) is 0 Å². The van der Waals surface area contributed by atoms with Crippen LogP contribution in [0.4, 0.5) is 0 Å². The monoisotopic (exact) mass is 206 g/mol. The number of rotatable bonds is 3. The third kappa shape index (κ3) is 2.04. The summed E-state index contributed by atoms with van der Waals surface area (Å²) in [6.07, 6.45) is 1.07. The fraction of sp³-hybridized carbons (Fsp3) is 0.200. The first-order valence-corrected chi connectivity index (χ1v) is 4.59. The molecule has 0 radical (unpaired) electrons. The highest BCUT2D eigenvalue weighted by molar-refractivity contribution is 7.86. The molecule has 0 fully saturated rings. The zero-order valence-electron chi connectivity index (χ0n) is 6.25. The maximum Gasteiger partial charge on any atom is 0.282 e. The van der Waals surface area contributed by atoms with Crippen molar-refractivity contribution < 1.29 is 22.3 Å². The molecule has 8 heteroatoms. The molecule has 0 spiro atoms. The summed E-state index contributed by atoms with van der Waals surface area (Å²) in [7, 11) is -4.58. The lowest BCUT2D eigenvalue weighted by Crippen LogP contribution is -2.28. The van der Waals surface area contributed by atoms with Gasteiger partial charge in [-0.3, -0.25) is 9.35 Å². The summed E-state index contributed by atoms with van der Waals surface area (Å²) in [6.45, 7) is 0. The summed E-state index contributed by atoms with van der Waals surface area (Å²) in [4.78, 5) is 10.6. The minimum atomic E-state index is -4.58. The zero-order chi connectivity index (χ0) is 10.1. The van der Waals surface area contributed by atoms with E-state index in [0.717, 1.165) is 12.3 Å². The van der Waals surface area contributed by atoms with Crippen LogP contribution in [0, 0.1) is 0 Å². The van der Waals surface area contributed by atoms with Crippen LogP contribution in [0.5, 0.6) is 0 Å². The van der Waals surface area contributed by atoms with Crippen LogP contribution in [-0.2, 0) is 14.9 Å². The Kier molecular flexibility index (Phi) is 2.34. The molecule has 13 heavy (non-hydrogen) atoms. The summed E-state index contributed by atoms with van der Waals surface area (Å²) < 4.78 is 34.2. The number of aromatic nitrogens is 1. The number of carbonyl (C=O) groups is 1. The van der Waals surface area contributed by atoms with Crippen molar-refractivity contribution >= 4 is 16.0 Å². The average molecular weight is 206 g/mol. The third-order valence-corrected chi connectivity index (χ3v) is 2.35. The first-order valence-electron chi connectivity index (χ1n) is 3.09. The van der Waals surface area contributed by atoms with Gasteiger partial charge < -0.3 is 10.3 Å². The second-order valence-corrected chi connectivity index (χ2v) is 3.72. The van der Waals surface area contributed by atoms with Crippen molar-refractivity contribution in [3.05, 3.63) is 18.0 Å². The van der Waals surface area contributed by atoms with E-state index in [0.29, 0.717) is 0 Å². The fourth-order valence-electron chi connectivity index (χ4n) is 0.802. The number of amides is 1. The molecule has 1 aromatic rings. The van der Waals surface area contributed by atoms with Crippen molar-refractivity contribution in [2.45, 2.75) is 5.25 Å². The summed E-state index contributed by atoms with van der Waals surface area (Å²) in [5.74, 6) is -1.21. The summed E-state index contributed by atoms with van der Waals surface area (Å²) in [5, 5.41) is 1.32. The van der Waals surface area contributed by atoms with E-state index < -0.39 is 21.3 Å². The zero-order valence-corrected chi connectivity index (χ0v) is 7.06. The van der Waals surface area contributed by atoms with Crippen molar-refractivity contribution in [3.8, 4) is 0 Å². The van der Waals surface area contributed by atoms with Crippen LogP contribution in [0.2, 0.25) is 0 Å². The predicted octanol–water partition coefficient (Wildman–Crippen LogP) is -0.911. The minimum Gasteiger partial charge on any atom is -0.368 e. The number of primary amides is 1. The quantitative estimate of drug-likeness (QED) is 0.617. The highest BCUT2D eigenvalue weighted by atomic mass is 32.2. The molecule has 1 atom stereocenters. The van der Waals surface area contributed by atoms with Crippen LogP contribution < -0.4 is 5.73 Å².